The summed E-state index contributed by atoms with van der Waals surface area (Å²) in [6, 6.07) is 20.2. The maximum absolute atomic E-state index is 14.2. The summed E-state index contributed by atoms with van der Waals surface area (Å²) in [5.41, 5.74) is 8.73. The van der Waals surface area contributed by atoms with Gasteiger partial charge in [0.15, 0.2) is 6.04 Å². The summed E-state index contributed by atoms with van der Waals surface area (Å²) in [5, 5.41) is 9.42. The van der Waals surface area contributed by atoms with Gasteiger partial charge >= 0.3 is 12.1 Å². The van der Waals surface area contributed by atoms with Gasteiger partial charge in [0.05, 0.1) is 12.8 Å². The van der Waals surface area contributed by atoms with Crippen LogP contribution < -0.4 is 15.2 Å². The molecule has 218 valence electrons. The predicted molar refractivity (Wildman–Crippen MR) is 162 cm³/mol. The second-order valence-electron chi connectivity index (χ2n) is 8.94. The highest BCUT2D eigenvalue weighted by Crippen LogP contribution is 2.39. The summed E-state index contributed by atoms with van der Waals surface area (Å²) in [4.78, 5) is 19.5. The molecule has 0 radical (unpaired) electrons. The average Bonchev–Trinajstić information content (AvgIpc) is 2.97. The topological polar surface area (TPSA) is 120 Å². The van der Waals surface area contributed by atoms with Crippen LogP contribution in [0.15, 0.2) is 83.6 Å². The highest BCUT2D eigenvalue weighted by molar-refractivity contribution is 8.36. The summed E-state index contributed by atoms with van der Waals surface area (Å²) in [6.07, 6.45) is -6.86. The lowest BCUT2D eigenvalue weighted by molar-refractivity contribution is -0.198. The lowest BCUT2D eigenvalue weighted by Gasteiger charge is -2.22. The lowest BCUT2D eigenvalue weighted by atomic mass is 10.0. The molecule has 0 aliphatic heterocycles. The van der Waals surface area contributed by atoms with E-state index in [1.165, 1.54) is 25.3 Å². The number of nitrogens with zero attached hydrogens (tertiary/aromatic N) is 3. The molecule has 0 amide bonds. The minimum absolute atomic E-state index is 0.114. The van der Waals surface area contributed by atoms with Crippen LogP contribution in [-0.4, -0.2) is 40.4 Å². The Bertz CT molecular complexity index is 1560. The number of hydrogen-bond donors (Lipinski definition) is 2. The van der Waals surface area contributed by atoms with Crippen molar-refractivity contribution < 1.29 is 32.5 Å². The largest absolute Gasteiger partial charge is 0.497 e. The monoisotopic (exact) mass is 632 g/mol. The Kier molecular flexibility index (Phi) is 10.4. The summed E-state index contributed by atoms with van der Waals surface area (Å²) in [7, 11) is 5.14. The van der Waals surface area contributed by atoms with E-state index in [-0.39, 0.29) is 29.5 Å². The van der Waals surface area contributed by atoms with Crippen LogP contribution in [0.25, 0.3) is 22.4 Å². The molecule has 0 aliphatic rings. The van der Waals surface area contributed by atoms with Crippen molar-refractivity contribution in [2.24, 2.45) is 4.74 Å². The second-order valence-corrected chi connectivity index (χ2v) is 13.3. The Morgan fingerprint density at radius 1 is 1.05 bits per heavy atom. The van der Waals surface area contributed by atoms with Gasteiger partial charge in [0.2, 0.25) is 17.9 Å². The number of methoxy groups -OCH3 is 1. The summed E-state index contributed by atoms with van der Waals surface area (Å²) in [5.74, 6) is -0.994. The summed E-state index contributed by atoms with van der Waals surface area (Å²) < 4.78 is 57.2. The van der Waals surface area contributed by atoms with Crippen molar-refractivity contribution in [3.8, 4) is 34.0 Å². The van der Waals surface area contributed by atoms with E-state index in [1.807, 2.05) is 6.07 Å². The molecule has 1 aromatic heterocycles. The maximum atomic E-state index is 14.2. The van der Waals surface area contributed by atoms with Gasteiger partial charge in [-0.2, -0.15) is 18.2 Å². The maximum Gasteiger partial charge on any atom is 0.429 e. The Morgan fingerprint density at radius 2 is 1.74 bits per heavy atom. The normalized spacial score (nSPS) is 13.4. The zero-order chi connectivity index (χ0) is 30.3. The van der Waals surface area contributed by atoms with Crippen LogP contribution in [0.1, 0.15) is 17.2 Å². The van der Waals surface area contributed by atoms with Crippen LogP contribution in [-0.2, 0) is 11.2 Å². The van der Waals surface area contributed by atoms with Gasteiger partial charge in [-0.05, 0) is 36.8 Å². The zero-order valence-electron chi connectivity index (χ0n) is 22.1. The Labute approximate surface area is 245 Å². The number of nitrogens with two attached hydrogens (primary N) is 1. The lowest BCUT2D eigenvalue weighted by Crippen LogP contribution is -2.26. The minimum atomic E-state index is -4.75. The SMILES string of the molecule is COc1cccc(-c2ccc([C@@H](Oc3cc(-c4ccc(C[C@@H](N=PPP)C(=O)O)cc4)nc(N)n3)C(F)(F)F)cc2)c1. The Balaban J connectivity index is 1.56. The summed E-state index contributed by atoms with van der Waals surface area (Å²) in [6.45, 7) is 0. The van der Waals surface area contributed by atoms with E-state index in [1.54, 1.807) is 54.6 Å². The van der Waals surface area contributed by atoms with Crippen molar-refractivity contribution in [3.63, 3.8) is 0 Å². The van der Waals surface area contributed by atoms with Gasteiger partial charge in [-0.25, -0.2) is 14.5 Å². The zero-order valence-corrected chi connectivity index (χ0v) is 25.2. The van der Waals surface area contributed by atoms with Crippen LogP contribution in [0.3, 0.4) is 0 Å². The van der Waals surface area contributed by atoms with Gasteiger partial charge in [-0.15, -0.1) is 8.93 Å². The number of halogens is 3. The van der Waals surface area contributed by atoms with E-state index < -0.39 is 24.3 Å². The number of carbonyl (C=O) groups is 1. The predicted octanol–water partition coefficient (Wildman–Crippen LogP) is 7.59. The van der Waals surface area contributed by atoms with Crippen LogP contribution in [0.5, 0.6) is 11.6 Å². The number of anilines is 1. The third kappa shape index (κ3) is 8.22. The van der Waals surface area contributed by atoms with Gasteiger partial charge in [-0.1, -0.05) is 60.7 Å². The first kappa shape index (κ1) is 31.3. The molecule has 4 aromatic rings. The summed E-state index contributed by atoms with van der Waals surface area (Å²) >= 11 is 0. The van der Waals surface area contributed by atoms with E-state index in [4.69, 9.17) is 15.2 Å². The van der Waals surface area contributed by atoms with Crippen molar-refractivity contribution in [3.05, 3.63) is 90.0 Å². The Hall–Kier alpha value is -3.64. The number of alkyl halides is 3. The van der Waals surface area contributed by atoms with E-state index in [2.05, 4.69) is 23.6 Å². The van der Waals surface area contributed by atoms with Gasteiger partial charge in [0, 0.05) is 31.7 Å². The van der Waals surface area contributed by atoms with E-state index in [0.717, 1.165) is 11.1 Å². The number of carboxylic acids is 1. The molecule has 42 heavy (non-hydrogen) atoms. The Morgan fingerprint density at radius 3 is 2.36 bits per heavy atom. The quantitative estimate of drug-likeness (QED) is 0.164. The molecule has 14 heteroatoms. The molecular weight excluding hydrogens is 606 g/mol. The van der Waals surface area contributed by atoms with Crippen molar-refractivity contribution in [1.29, 1.82) is 0 Å². The fourth-order valence-electron chi connectivity index (χ4n) is 4.06. The van der Waals surface area contributed by atoms with Crippen molar-refractivity contribution in [1.82, 2.24) is 9.97 Å². The molecule has 3 aromatic carbocycles. The molecule has 0 aliphatic carbocycles. The highest BCUT2D eigenvalue weighted by atomic mass is 32.4. The van der Waals surface area contributed by atoms with Crippen LogP contribution in [0, 0.1) is 0 Å². The van der Waals surface area contributed by atoms with Crippen molar-refractivity contribution in [2.75, 3.05) is 12.8 Å². The standard InChI is InChI=1S/C28H26F3N4O4P3/c1-38-21-4-2-3-20(14-21)17-9-11-19(12-10-17)25(28(29,30)31)39-24-15-22(33-27(32)34-24)18-7-5-16(6-8-18)13-23(26(36)37)35-41-42-40/h2-12,14-15,23,25,42H,13,40H2,1H3,(H,36,37)(H2,32,33,34)/t23-,25-/m1/s1. The number of hydrogen-bond acceptors (Lipinski definition) is 7. The van der Waals surface area contributed by atoms with Crippen molar-refractivity contribution in [2.45, 2.75) is 24.7 Å². The third-order valence-corrected chi connectivity index (χ3v) is 8.33. The van der Waals surface area contributed by atoms with Crippen LogP contribution in [0.4, 0.5) is 19.1 Å². The molecule has 0 spiro atoms. The van der Waals surface area contributed by atoms with E-state index >= 15 is 0 Å². The number of benzene rings is 3. The molecule has 2 unspecified atom stereocenters. The highest BCUT2D eigenvalue weighted by Gasteiger charge is 2.43. The van der Waals surface area contributed by atoms with Crippen LogP contribution in [0.2, 0.25) is 0 Å². The average molecular weight is 632 g/mol. The molecule has 1 heterocycles. The van der Waals surface area contributed by atoms with Crippen molar-refractivity contribution >= 4 is 36.9 Å². The number of ether oxygens (including phenoxy) is 2. The smallest absolute Gasteiger partial charge is 0.429 e. The van der Waals surface area contributed by atoms with Gasteiger partial charge in [0.1, 0.15) is 5.75 Å². The first-order chi connectivity index (χ1) is 20.1. The first-order valence-electron chi connectivity index (χ1n) is 12.4. The third-order valence-electron chi connectivity index (χ3n) is 6.09. The number of aromatic nitrogens is 2. The van der Waals surface area contributed by atoms with Gasteiger partial charge in [-0.3, -0.25) is 0 Å². The molecular formula is C28H26F3N4O4P3. The van der Waals surface area contributed by atoms with Crippen LogP contribution >= 0.6 is 24.9 Å². The van der Waals surface area contributed by atoms with E-state index in [9.17, 15) is 23.1 Å². The molecule has 0 bridgehead atoms. The molecule has 4 atom stereocenters. The molecule has 8 nitrogen and oxygen atoms in total. The number of nitrogen functional groups attached to an aromatic ring is 1. The molecule has 4 rings (SSSR count). The molecule has 0 saturated carbocycles. The van der Waals surface area contributed by atoms with E-state index in [0.29, 0.717) is 32.9 Å². The fraction of sp³-hybridized carbons (Fsp3) is 0.179. The number of carboxylic acid groups (broad SMARTS) is 1. The fourth-order valence-corrected chi connectivity index (χ4v) is 5.67. The van der Waals surface area contributed by atoms with Gasteiger partial charge in [0.25, 0.3) is 0 Å². The molecule has 0 saturated heterocycles. The number of rotatable bonds is 11. The number of aliphatic carboxylic acids is 1. The second kappa shape index (κ2) is 14.0. The molecule has 0 fully saturated rings. The first-order valence-corrected chi connectivity index (χ1v) is 16.9. The molecule has 3 N–H and O–H groups in total. The van der Waals surface area contributed by atoms with Gasteiger partial charge < -0.3 is 20.3 Å². The minimum Gasteiger partial charge on any atom is -0.497 e.